The molecule has 0 saturated heterocycles. The van der Waals surface area contributed by atoms with Crippen molar-refractivity contribution in [2.24, 2.45) is 0 Å². The van der Waals surface area contributed by atoms with Crippen LogP contribution in [-0.2, 0) is 0 Å². The summed E-state index contributed by atoms with van der Waals surface area (Å²) in [6.45, 7) is 3.76. The standard InChI is InChI=1S/C14H15N5OS/c1-7-11(9-5-3-4-6-10(9)16-7)12(20)8(2)21-14-17-13(15)18-19-14/h3-6,8,16H,1-2H3,(H3,15,17,18,19). The molecule has 0 fully saturated rings. The lowest BCUT2D eigenvalue weighted by Gasteiger charge is -2.08. The fourth-order valence-corrected chi connectivity index (χ4v) is 3.11. The summed E-state index contributed by atoms with van der Waals surface area (Å²) in [6.07, 6.45) is 0. The average molecular weight is 301 g/mol. The predicted octanol–water partition coefficient (Wildman–Crippen LogP) is 2.54. The summed E-state index contributed by atoms with van der Waals surface area (Å²) in [5.41, 5.74) is 8.07. The highest BCUT2D eigenvalue weighted by Crippen LogP contribution is 2.28. The number of nitrogens with one attached hydrogen (secondary N) is 2. The van der Waals surface area contributed by atoms with Gasteiger partial charge in [-0.05, 0) is 19.9 Å². The van der Waals surface area contributed by atoms with Gasteiger partial charge in [-0.25, -0.2) is 5.10 Å². The molecule has 0 radical (unpaired) electrons. The van der Waals surface area contributed by atoms with Gasteiger partial charge in [0.25, 0.3) is 0 Å². The molecular weight excluding hydrogens is 286 g/mol. The second-order valence-corrected chi connectivity index (χ2v) is 6.11. The van der Waals surface area contributed by atoms with Crippen molar-refractivity contribution >= 4 is 34.4 Å². The second kappa shape index (κ2) is 5.25. The quantitative estimate of drug-likeness (QED) is 0.508. The highest BCUT2D eigenvalue weighted by Gasteiger charge is 2.23. The van der Waals surface area contributed by atoms with Gasteiger partial charge in [0.2, 0.25) is 11.1 Å². The minimum absolute atomic E-state index is 0.0540. The molecule has 1 unspecified atom stereocenters. The summed E-state index contributed by atoms with van der Waals surface area (Å²) < 4.78 is 0. The first kappa shape index (κ1) is 13.7. The highest BCUT2D eigenvalue weighted by atomic mass is 32.2. The third-order valence-electron chi connectivity index (χ3n) is 3.27. The maximum Gasteiger partial charge on any atom is 0.216 e. The van der Waals surface area contributed by atoms with E-state index in [2.05, 4.69) is 20.2 Å². The Morgan fingerprint density at radius 2 is 2.14 bits per heavy atom. The van der Waals surface area contributed by atoms with Crippen LogP contribution >= 0.6 is 11.8 Å². The molecule has 21 heavy (non-hydrogen) atoms. The molecule has 2 aromatic heterocycles. The number of nitrogen functional groups attached to an aromatic ring is 1. The Hall–Kier alpha value is -2.28. The van der Waals surface area contributed by atoms with Crippen molar-refractivity contribution in [3.8, 4) is 0 Å². The van der Waals surface area contributed by atoms with E-state index in [0.717, 1.165) is 22.2 Å². The van der Waals surface area contributed by atoms with E-state index < -0.39 is 0 Å². The first-order valence-electron chi connectivity index (χ1n) is 6.52. The van der Waals surface area contributed by atoms with E-state index in [1.807, 2.05) is 38.1 Å². The number of aromatic amines is 2. The van der Waals surface area contributed by atoms with E-state index in [4.69, 9.17) is 5.73 Å². The van der Waals surface area contributed by atoms with Gasteiger partial charge < -0.3 is 10.7 Å². The van der Waals surface area contributed by atoms with Crippen molar-refractivity contribution in [1.82, 2.24) is 20.2 Å². The van der Waals surface area contributed by atoms with Crippen molar-refractivity contribution in [1.29, 1.82) is 0 Å². The number of thioether (sulfide) groups is 1. The first-order chi connectivity index (χ1) is 10.1. The maximum atomic E-state index is 12.7. The number of benzene rings is 1. The molecule has 1 atom stereocenters. The van der Waals surface area contributed by atoms with Crippen molar-refractivity contribution < 1.29 is 4.79 Å². The lowest BCUT2D eigenvalue weighted by atomic mass is 10.1. The summed E-state index contributed by atoms with van der Waals surface area (Å²) in [5.74, 6) is 0.304. The van der Waals surface area contributed by atoms with Gasteiger partial charge in [0.05, 0.1) is 5.25 Å². The molecule has 1 aromatic carbocycles. The van der Waals surface area contributed by atoms with Gasteiger partial charge in [0.15, 0.2) is 5.78 Å². The van der Waals surface area contributed by atoms with E-state index in [1.54, 1.807) is 0 Å². The molecule has 0 spiro atoms. The molecule has 0 aliphatic carbocycles. The summed E-state index contributed by atoms with van der Waals surface area (Å²) in [7, 11) is 0. The Bertz CT molecular complexity index is 807. The zero-order valence-electron chi connectivity index (χ0n) is 11.7. The number of ketones is 1. The Morgan fingerprint density at radius 3 is 2.86 bits per heavy atom. The number of H-pyrrole nitrogens is 2. The van der Waals surface area contributed by atoms with Gasteiger partial charge in [0, 0.05) is 22.2 Å². The van der Waals surface area contributed by atoms with E-state index >= 15 is 0 Å². The minimum atomic E-state index is -0.293. The molecule has 2 heterocycles. The number of Topliss-reactive ketones (excluding diaryl/α,β-unsaturated/α-hetero) is 1. The first-order valence-corrected chi connectivity index (χ1v) is 7.40. The van der Waals surface area contributed by atoms with Crippen LogP contribution in [0, 0.1) is 6.92 Å². The largest absolute Gasteiger partial charge is 0.368 e. The molecule has 7 heteroatoms. The number of para-hydroxylation sites is 1. The van der Waals surface area contributed by atoms with Crippen LogP contribution in [0.3, 0.4) is 0 Å². The van der Waals surface area contributed by atoms with Crippen molar-refractivity contribution in [3.63, 3.8) is 0 Å². The van der Waals surface area contributed by atoms with Gasteiger partial charge >= 0.3 is 0 Å². The van der Waals surface area contributed by atoms with Crippen LogP contribution in [0.25, 0.3) is 10.9 Å². The number of carbonyl (C=O) groups is 1. The van der Waals surface area contributed by atoms with E-state index in [9.17, 15) is 4.79 Å². The molecule has 3 rings (SSSR count). The SMILES string of the molecule is Cc1[nH]c2ccccc2c1C(=O)C(C)Sc1n[nH]c(N)n1. The number of hydrogen-bond donors (Lipinski definition) is 3. The number of fused-ring (bicyclic) bond motifs is 1. The Kier molecular flexibility index (Phi) is 3.42. The zero-order chi connectivity index (χ0) is 15.0. The molecule has 0 saturated carbocycles. The number of nitrogens with zero attached hydrogens (tertiary/aromatic N) is 2. The summed E-state index contributed by atoms with van der Waals surface area (Å²) >= 11 is 1.29. The number of carbonyl (C=O) groups excluding carboxylic acids is 1. The molecule has 6 nitrogen and oxygen atoms in total. The van der Waals surface area contributed by atoms with Crippen molar-refractivity contribution in [2.75, 3.05) is 5.73 Å². The van der Waals surface area contributed by atoms with Crippen LogP contribution in [0.4, 0.5) is 5.95 Å². The average Bonchev–Trinajstić information content (AvgIpc) is 3.00. The molecule has 0 aliphatic heterocycles. The minimum Gasteiger partial charge on any atom is -0.368 e. The zero-order valence-corrected chi connectivity index (χ0v) is 12.5. The Labute approximate surface area is 125 Å². The van der Waals surface area contributed by atoms with Gasteiger partial charge in [-0.1, -0.05) is 30.0 Å². The summed E-state index contributed by atoms with van der Waals surface area (Å²) in [4.78, 5) is 20.0. The number of aryl methyl sites for hydroxylation is 1. The van der Waals surface area contributed by atoms with Gasteiger partial charge in [-0.15, -0.1) is 5.10 Å². The van der Waals surface area contributed by atoms with Crippen LogP contribution in [0.5, 0.6) is 0 Å². The lowest BCUT2D eigenvalue weighted by Crippen LogP contribution is -2.14. The van der Waals surface area contributed by atoms with E-state index in [-0.39, 0.29) is 17.0 Å². The predicted molar refractivity (Wildman–Crippen MR) is 83.5 cm³/mol. The van der Waals surface area contributed by atoms with Crippen molar-refractivity contribution in [3.05, 3.63) is 35.5 Å². The molecule has 4 N–H and O–H groups in total. The maximum absolute atomic E-state index is 12.7. The van der Waals surface area contributed by atoms with Crippen LogP contribution < -0.4 is 5.73 Å². The van der Waals surface area contributed by atoms with Gasteiger partial charge in [-0.2, -0.15) is 4.98 Å². The fourth-order valence-electron chi connectivity index (χ4n) is 2.32. The van der Waals surface area contributed by atoms with E-state index in [0.29, 0.717) is 5.16 Å². The van der Waals surface area contributed by atoms with Crippen LogP contribution in [0.15, 0.2) is 29.4 Å². The number of hydrogen-bond acceptors (Lipinski definition) is 5. The fraction of sp³-hybridized carbons (Fsp3) is 0.214. The third kappa shape index (κ3) is 2.52. The Balaban J connectivity index is 1.91. The number of nitrogens with two attached hydrogens (primary N) is 1. The smallest absolute Gasteiger partial charge is 0.216 e. The van der Waals surface area contributed by atoms with Crippen LogP contribution in [0.2, 0.25) is 0 Å². The number of anilines is 1. The Morgan fingerprint density at radius 1 is 1.38 bits per heavy atom. The van der Waals surface area contributed by atoms with Gasteiger partial charge in [-0.3, -0.25) is 4.79 Å². The van der Waals surface area contributed by atoms with E-state index in [1.165, 1.54) is 11.8 Å². The molecule has 0 bridgehead atoms. The molecule has 0 aliphatic rings. The second-order valence-electron chi connectivity index (χ2n) is 4.80. The van der Waals surface area contributed by atoms with Gasteiger partial charge in [0.1, 0.15) is 0 Å². The molecular formula is C14H15N5OS. The van der Waals surface area contributed by atoms with Crippen LogP contribution in [-0.4, -0.2) is 31.2 Å². The third-order valence-corrected chi connectivity index (χ3v) is 4.23. The number of aromatic nitrogens is 4. The monoisotopic (exact) mass is 301 g/mol. The topological polar surface area (TPSA) is 100 Å². The summed E-state index contributed by atoms with van der Waals surface area (Å²) in [5, 5.41) is 7.64. The highest BCUT2D eigenvalue weighted by molar-refractivity contribution is 8.00. The molecule has 3 aromatic rings. The lowest BCUT2D eigenvalue weighted by molar-refractivity contribution is 0.0995. The summed E-state index contributed by atoms with van der Waals surface area (Å²) in [6, 6.07) is 7.79. The van der Waals surface area contributed by atoms with Crippen LogP contribution in [0.1, 0.15) is 23.0 Å². The normalized spacial score (nSPS) is 12.7. The number of rotatable bonds is 4. The van der Waals surface area contributed by atoms with Crippen molar-refractivity contribution in [2.45, 2.75) is 24.3 Å². The molecule has 0 amide bonds. The molecule has 108 valence electrons.